The molecule has 9 nitrogen and oxygen atoms in total. The van der Waals surface area contributed by atoms with Crippen molar-refractivity contribution in [3.8, 4) is 11.5 Å². The molecule has 0 unspecified atom stereocenters. The molecule has 3 rings (SSSR count). The number of carboxylic acid groups (broad SMARTS) is 2. The molecule has 2 aromatic carbocycles. The van der Waals surface area contributed by atoms with Gasteiger partial charge in [0.25, 0.3) is 0 Å². The summed E-state index contributed by atoms with van der Waals surface area (Å²) in [6.45, 7) is 4.07. The second-order valence-electron chi connectivity index (χ2n) is 8.98. The van der Waals surface area contributed by atoms with E-state index in [0.29, 0.717) is 35.6 Å². The summed E-state index contributed by atoms with van der Waals surface area (Å²) in [5, 5.41) is 17.4. The van der Waals surface area contributed by atoms with Gasteiger partial charge < -0.3 is 29.5 Å². The second-order valence-corrected chi connectivity index (χ2v) is 10.2. The summed E-state index contributed by atoms with van der Waals surface area (Å²) in [4.78, 5) is 28.9. The molecular weight excluding hydrogens is 554 g/mol. The standard InChI is InChI=1S/C25H34ClN3O2S.C4H4O4/c1-28(25(32-3)27-21-9-5-4-6-10-21)22-13-16-29(17-14-22)15-7-8-18-31-23-12-11-20(26)19-24(23)30-2;5-3(6)1-2-4(7)8/h4-6,9-12,19,22H,7-8,13-18H2,1-3H3;1-2H,(H,5,6)(H,7,8)/b27-25-;2-1+. The van der Waals surface area contributed by atoms with E-state index in [-0.39, 0.29) is 0 Å². The highest BCUT2D eigenvalue weighted by atomic mass is 35.5. The Morgan fingerprint density at radius 1 is 1.07 bits per heavy atom. The van der Waals surface area contributed by atoms with Gasteiger partial charge in [-0.05, 0) is 62.7 Å². The minimum absolute atomic E-state index is 0.543. The first-order valence-electron chi connectivity index (χ1n) is 13.0. The lowest BCUT2D eigenvalue weighted by atomic mass is 10.0. The van der Waals surface area contributed by atoms with E-state index in [1.807, 2.05) is 30.3 Å². The van der Waals surface area contributed by atoms with Crippen LogP contribution in [-0.2, 0) is 9.59 Å². The number of thioether (sulfide) groups is 1. The van der Waals surface area contributed by atoms with Crippen LogP contribution in [0.25, 0.3) is 0 Å². The molecule has 218 valence electrons. The van der Waals surface area contributed by atoms with Gasteiger partial charge in [-0.2, -0.15) is 0 Å². The van der Waals surface area contributed by atoms with Crippen LogP contribution in [0.15, 0.2) is 65.7 Å². The number of hydrogen-bond donors (Lipinski definition) is 2. The molecule has 0 aliphatic carbocycles. The maximum Gasteiger partial charge on any atom is 0.328 e. The summed E-state index contributed by atoms with van der Waals surface area (Å²) in [6, 6.07) is 16.2. The molecule has 2 aromatic rings. The van der Waals surface area contributed by atoms with E-state index in [1.54, 1.807) is 24.9 Å². The van der Waals surface area contributed by atoms with Gasteiger partial charge in [-0.1, -0.05) is 41.6 Å². The van der Waals surface area contributed by atoms with Crippen molar-refractivity contribution < 1.29 is 29.3 Å². The van der Waals surface area contributed by atoms with Gasteiger partial charge in [-0.25, -0.2) is 14.6 Å². The summed E-state index contributed by atoms with van der Waals surface area (Å²) < 4.78 is 11.2. The average molecular weight is 592 g/mol. The Morgan fingerprint density at radius 3 is 2.30 bits per heavy atom. The molecule has 2 N–H and O–H groups in total. The van der Waals surface area contributed by atoms with E-state index in [1.165, 1.54) is 12.8 Å². The van der Waals surface area contributed by atoms with Crippen LogP contribution >= 0.6 is 23.4 Å². The van der Waals surface area contributed by atoms with Crippen molar-refractivity contribution in [3.05, 3.63) is 65.7 Å². The molecule has 1 aliphatic rings. The van der Waals surface area contributed by atoms with Gasteiger partial charge in [0.2, 0.25) is 0 Å². The van der Waals surface area contributed by atoms with Gasteiger partial charge in [0, 0.05) is 49.4 Å². The number of halogens is 1. The summed E-state index contributed by atoms with van der Waals surface area (Å²) in [7, 11) is 3.82. The number of hydrogen-bond acceptors (Lipinski definition) is 7. The Kier molecular flexibility index (Phi) is 15.0. The minimum atomic E-state index is -1.26. The number of amidine groups is 1. The topological polar surface area (TPSA) is 112 Å². The number of nitrogens with zero attached hydrogens (tertiary/aromatic N) is 3. The smallest absolute Gasteiger partial charge is 0.328 e. The lowest BCUT2D eigenvalue weighted by molar-refractivity contribution is -0.134. The Morgan fingerprint density at radius 2 is 1.73 bits per heavy atom. The molecule has 0 radical (unpaired) electrons. The molecule has 0 atom stereocenters. The molecule has 1 heterocycles. The van der Waals surface area contributed by atoms with Gasteiger partial charge in [-0.15, -0.1) is 0 Å². The molecule has 11 heteroatoms. The Hall–Kier alpha value is -3.21. The van der Waals surface area contributed by atoms with E-state index < -0.39 is 11.9 Å². The van der Waals surface area contributed by atoms with Crippen molar-refractivity contribution in [3.63, 3.8) is 0 Å². The SMILES string of the molecule is COc1cc(Cl)ccc1OCCCCN1CCC(N(C)/C(=N/c2ccccc2)SC)CC1.O=C(O)/C=C/C(=O)O. The third-order valence-electron chi connectivity index (χ3n) is 6.19. The van der Waals surface area contributed by atoms with Crippen molar-refractivity contribution in [2.45, 2.75) is 31.7 Å². The normalized spacial score (nSPS) is 14.3. The van der Waals surface area contributed by atoms with Crippen LogP contribution in [0.3, 0.4) is 0 Å². The van der Waals surface area contributed by atoms with Crippen molar-refractivity contribution in [1.82, 2.24) is 9.80 Å². The summed E-state index contributed by atoms with van der Waals surface area (Å²) in [5.74, 6) is -1.08. The van der Waals surface area contributed by atoms with Crippen LogP contribution in [0.4, 0.5) is 5.69 Å². The molecule has 1 aliphatic heterocycles. The lowest BCUT2D eigenvalue weighted by Crippen LogP contribution is -2.45. The van der Waals surface area contributed by atoms with E-state index in [2.05, 4.69) is 35.2 Å². The third-order valence-corrected chi connectivity index (χ3v) is 7.17. The maximum absolute atomic E-state index is 9.55. The van der Waals surface area contributed by atoms with Crippen molar-refractivity contribution in [2.24, 2.45) is 4.99 Å². The van der Waals surface area contributed by atoms with Crippen LogP contribution in [0.1, 0.15) is 25.7 Å². The Balaban J connectivity index is 0.000000611. The van der Waals surface area contributed by atoms with Crippen molar-refractivity contribution >= 4 is 46.2 Å². The molecule has 0 bridgehead atoms. The van der Waals surface area contributed by atoms with Crippen molar-refractivity contribution in [1.29, 1.82) is 0 Å². The third kappa shape index (κ3) is 12.3. The first-order valence-corrected chi connectivity index (χ1v) is 14.6. The molecule has 0 amide bonds. The number of unbranched alkanes of at least 4 members (excludes halogenated alkanes) is 1. The van der Waals surface area contributed by atoms with Gasteiger partial charge in [0.15, 0.2) is 16.7 Å². The predicted molar refractivity (Wildman–Crippen MR) is 161 cm³/mol. The largest absolute Gasteiger partial charge is 0.493 e. The number of likely N-dealkylation sites (tertiary alicyclic amines) is 1. The summed E-state index contributed by atoms with van der Waals surface area (Å²) in [5.41, 5.74) is 1.01. The number of carbonyl (C=O) groups is 2. The molecular formula is C29H38ClN3O6S. The fourth-order valence-corrected chi connectivity index (χ4v) is 4.89. The summed E-state index contributed by atoms with van der Waals surface area (Å²) >= 11 is 7.73. The second kappa shape index (κ2) is 18.2. The zero-order valence-electron chi connectivity index (χ0n) is 23.2. The van der Waals surface area contributed by atoms with Crippen LogP contribution in [0.5, 0.6) is 11.5 Å². The summed E-state index contributed by atoms with van der Waals surface area (Å²) in [6.07, 6.45) is 7.71. The monoisotopic (exact) mass is 591 g/mol. The van der Waals surface area contributed by atoms with Gasteiger partial charge in [0.05, 0.1) is 19.4 Å². The first kappa shape index (κ1) is 33.0. The molecule has 1 saturated heterocycles. The number of aliphatic carboxylic acids is 2. The number of benzene rings is 2. The lowest BCUT2D eigenvalue weighted by Gasteiger charge is -2.37. The zero-order valence-corrected chi connectivity index (χ0v) is 24.7. The Labute approximate surface area is 245 Å². The highest BCUT2D eigenvalue weighted by molar-refractivity contribution is 8.13. The molecule has 1 fully saturated rings. The van der Waals surface area contributed by atoms with Crippen molar-refractivity contribution in [2.75, 3.05) is 46.7 Å². The first-order chi connectivity index (χ1) is 19.2. The fourth-order valence-electron chi connectivity index (χ4n) is 4.09. The Bertz CT molecular complexity index is 1110. The number of ether oxygens (including phenoxy) is 2. The predicted octanol–water partition coefficient (Wildman–Crippen LogP) is 5.67. The van der Waals surface area contributed by atoms with Gasteiger partial charge >= 0.3 is 11.9 Å². The van der Waals surface area contributed by atoms with E-state index in [4.69, 9.17) is 36.3 Å². The van der Waals surface area contributed by atoms with E-state index in [0.717, 1.165) is 49.1 Å². The van der Waals surface area contributed by atoms with Gasteiger partial charge in [-0.3, -0.25) is 0 Å². The fraction of sp³-hybridized carbons (Fsp3) is 0.414. The van der Waals surface area contributed by atoms with Gasteiger partial charge in [0.1, 0.15) is 0 Å². The molecule has 0 spiro atoms. The van der Waals surface area contributed by atoms with E-state index >= 15 is 0 Å². The van der Waals surface area contributed by atoms with Crippen LogP contribution in [-0.4, -0.2) is 89.8 Å². The number of para-hydroxylation sites is 1. The molecule has 0 saturated carbocycles. The number of rotatable bonds is 11. The number of aliphatic imine (C=N–C) groups is 1. The molecule has 40 heavy (non-hydrogen) atoms. The average Bonchev–Trinajstić information content (AvgIpc) is 2.96. The van der Waals surface area contributed by atoms with Crippen LogP contribution in [0.2, 0.25) is 5.02 Å². The van der Waals surface area contributed by atoms with Crippen LogP contribution < -0.4 is 9.47 Å². The van der Waals surface area contributed by atoms with Crippen LogP contribution in [0, 0.1) is 0 Å². The number of methoxy groups -OCH3 is 1. The minimum Gasteiger partial charge on any atom is -0.493 e. The number of piperidine rings is 1. The molecule has 0 aromatic heterocycles. The highest BCUT2D eigenvalue weighted by Crippen LogP contribution is 2.30. The maximum atomic E-state index is 9.55. The quantitative estimate of drug-likeness (QED) is 0.148. The highest BCUT2D eigenvalue weighted by Gasteiger charge is 2.24. The number of carboxylic acids is 2. The zero-order chi connectivity index (χ0) is 29.3. The van der Waals surface area contributed by atoms with E-state index in [9.17, 15) is 9.59 Å².